The zero-order valence-electron chi connectivity index (χ0n) is 16.5. The Kier molecular flexibility index (Phi) is 7.30. The summed E-state index contributed by atoms with van der Waals surface area (Å²) in [7, 11) is 0. The maximum Gasteiger partial charge on any atom is 0.220 e. The van der Waals surface area contributed by atoms with E-state index in [0.29, 0.717) is 6.42 Å². The van der Waals surface area contributed by atoms with Crippen molar-refractivity contribution in [3.8, 4) is 0 Å². The molecule has 1 aromatic heterocycles. The van der Waals surface area contributed by atoms with E-state index in [-0.39, 0.29) is 11.9 Å². The van der Waals surface area contributed by atoms with Crippen molar-refractivity contribution in [1.82, 2.24) is 10.2 Å². The highest BCUT2D eigenvalue weighted by molar-refractivity contribution is 7.09. The number of thiophene rings is 1. The van der Waals surface area contributed by atoms with Crippen LogP contribution in [0.15, 0.2) is 41.8 Å². The van der Waals surface area contributed by atoms with Gasteiger partial charge in [0.05, 0.1) is 0 Å². The largest absolute Gasteiger partial charge is 0.369 e. The molecule has 1 amide bonds. The molecule has 1 saturated heterocycles. The van der Waals surface area contributed by atoms with E-state index in [4.69, 9.17) is 0 Å². The Morgan fingerprint density at radius 2 is 2.00 bits per heavy atom. The van der Waals surface area contributed by atoms with Gasteiger partial charge in [0.2, 0.25) is 5.91 Å². The van der Waals surface area contributed by atoms with E-state index >= 15 is 0 Å². The van der Waals surface area contributed by atoms with E-state index in [0.717, 1.165) is 45.6 Å². The lowest BCUT2D eigenvalue weighted by Crippen LogP contribution is -2.47. The second-order valence-corrected chi connectivity index (χ2v) is 8.54. The smallest absolute Gasteiger partial charge is 0.220 e. The minimum Gasteiger partial charge on any atom is -0.369 e. The molecule has 1 aliphatic rings. The van der Waals surface area contributed by atoms with Crippen LogP contribution in [0.2, 0.25) is 0 Å². The fourth-order valence-corrected chi connectivity index (χ4v) is 4.25. The van der Waals surface area contributed by atoms with Crippen molar-refractivity contribution in [1.29, 1.82) is 0 Å². The van der Waals surface area contributed by atoms with Gasteiger partial charge in [-0.2, -0.15) is 0 Å². The third-order valence-electron chi connectivity index (χ3n) is 5.20. The number of hydrogen-bond acceptors (Lipinski definition) is 4. The Hall–Kier alpha value is -1.85. The fourth-order valence-electron chi connectivity index (χ4n) is 3.54. The number of nitrogens with one attached hydrogen (secondary N) is 1. The van der Waals surface area contributed by atoms with E-state index in [1.165, 1.54) is 16.1 Å². The van der Waals surface area contributed by atoms with Gasteiger partial charge in [-0.05, 0) is 55.8 Å². The van der Waals surface area contributed by atoms with E-state index in [2.05, 4.69) is 64.7 Å². The molecule has 5 heteroatoms. The maximum atomic E-state index is 12.1. The van der Waals surface area contributed by atoms with Gasteiger partial charge in [0.1, 0.15) is 0 Å². The first kappa shape index (κ1) is 19.9. The molecule has 4 nitrogen and oxygen atoms in total. The molecule has 2 aromatic rings. The lowest BCUT2D eigenvalue weighted by molar-refractivity contribution is -0.121. The summed E-state index contributed by atoms with van der Waals surface area (Å²) in [6.45, 7) is 9.64. The quantitative estimate of drug-likeness (QED) is 0.752. The van der Waals surface area contributed by atoms with Crippen LogP contribution in [0.1, 0.15) is 30.2 Å². The molecule has 2 heterocycles. The molecule has 1 fully saturated rings. The lowest BCUT2D eigenvalue weighted by atomic mass is 10.1. The molecule has 0 spiro atoms. The highest BCUT2D eigenvalue weighted by Gasteiger charge is 2.18. The summed E-state index contributed by atoms with van der Waals surface area (Å²) in [6, 6.07) is 13.1. The molecular formula is C22H31N3OS. The average molecular weight is 386 g/mol. The molecule has 1 N–H and O–H groups in total. The van der Waals surface area contributed by atoms with E-state index in [9.17, 15) is 4.79 Å². The molecule has 146 valence electrons. The average Bonchev–Trinajstić information content (AvgIpc) is 3.19. The van der Waals surface area contributed by atoms with Gasteiger partial charge in [-0.1, -0.05) is 18.2 Å². The van der Waals surface area contributed by atoms with Crippen molar-refractivity contribution < 1.29 is 4.79 Å². The standard InChI is InChI=1S/C22H31N3OS/c1-18-5-3-6-20(17-18)25-14-12-24(13-15-25)11-10-19(2)23-22(26)9-8-21-7-4-16-27-21/h3-7,16-17,19H,8-15H2,1-2H3,(H,23,26). The van der Waals surface area contributed by atoms with Gasteiger partial charge in [-0.3, -0.25) is 9.69 Å². The molecule has 1 aromatic carbocycles. The first-order valence-corrected chi connectivity index (χ1v) is 10.8. The number of aryl methyl sites for hydroxylation is 2. The third-order valence-corrected chi connectivity index (χ3v) is 6.14. The van der Waals surface area contributed by atoms with Crippen LogP contribution in [-0.2, 0) is 11.2 Å². The van der Waals surface area contributed by atoms with Crippen molar-refractivity contribution in [3.63, 3.8) is 0 Å². The molecule has 1 unspecified atom stereocenters. The van der Waals surface area contributed by atoms with Crippen LogP contribution in [-0.4, -0.2) is 49.6 Å². The highest BCUT2D eigenvalue weighted by Crippen LogP contribution is 2.18. The molecule has 0 saturated carbocycles. The Morgan fingerprint density at radius 1 is 1.19 bits per heavy atom. The molecule has 1 atom stereocenters. The van der Waals surface area contributed by atoms with Crippen LogP contribution < -0.4 is 10.2 Å². The molecule has 0 radical (unpaired) electrons. The number of piperazine rings is 1. The van der Waals surface area contributed by atoms with Crippen LogP contribution in [0.5, 0.6) is 0 Å². The monoisotopic (exact) mass is 385 g/mol. The predicted octanol–water partition coefficient (Wildman–Crippen LogP) is 3.71. The summed E-state index contributed by atoms with van der Waals surface area (Å²) in [6.07, 6.45) is 2.44. The lowest BCUT2D eigenvalue weighted by Gasteiger charge is -2.36. The fraction of sp³-hybridized carbons (Fsp3) is 0.500. The van der Waals surface area contributed by atoms with Gasteiger partial charge in [-0.25, -0.2) is 0 Å². The van der Waals surface area contributed by atoms with Crippen molar-refractivity contribution in [2.75, 3.05) is 37.6 Å². The second kappa shape index (κ2) is 9.90. The van der Waals surface area contributed by atoms with Crippen LogP contribution in [0.3, 0.4) is 0 Å². The van der Waals surface area contributed by atoms with Gasteiger partial charge in [0.15, 0.2) is 0 Å². The SMILES string of the molecule is Cc1cccc(N2CCN(CCC(C)NC(=O)CCc3cccs3)CC2)c1. The molecule has 3 rings (SSSR count). The van der Waals surface area contributed by atoms with Crippen molar-refractivity contribution in [2.45, 2.75) is 39.2 Å². The Bertz CT molecular complexity index is 708. The van der Waals surface area contributed by atoms with E-state index < -0.39 is 0 Å². The molecular weight excluding hydrogens is 354 g/mol. The van der Waals surface area contributed by atoms with Gasteiger partial charge in [0, 0.05) is 55.8 Å². The van der Waals surface area contributed by atoms with Crippen LogP contribution in [0.25, 0.3) is 0 Å². The van der Waals surface area contributed by atoms with Crippen molar-refractivity contribution in [3.05, 3.63) is 52.2 Å². The van der Waals surface area contributed by atoms with Crippen LogP contribution >= 0.6 is 11.3 Å². The molecule has 0 bridgehead atoms. The zero-order chi connectivity index (χ0) is 19.1. The summed E-state index contributed by atoms with van der Waals surface area (Å²) < 4.78 is 0. The highest BCUT2D eigenvalue weighted by atomic mass is 32.1. The minimum atomic E-state index is 0.167. The second-order valence-electron chi connectivity index (χ2n) is 7.50. The summed E-state index contributed by atoms with van der Waals surface area (Å²) in [5, 5.41) is 5.22. The molecule has 0 aliphatic carbocycles. The number of hydrogen-bond donors (Lipinski definition) is 1. The first-order valence-electron chi connectivity index (χ1n) is 9.96. The number of carbonyl (C=O) groups excluding carboxylic acids is 1. The van der Waals surface area contributed by atoms with Crippen molar-refractivity contribution >= 4 is 22.9 Å². The molecule has 27 heavy (non-hydrogen) atoms. The summed E-state index contributed by atoms with van der Waals surface area (Å²) in [5.41, 5.74) is 2.65. The van der Waals surface area contributed by atoms with E-state index in [1.54, 1.807) is 11.3 Å². The third kappa shape index (κ3) is 6.36. The van der Waals surface area contributed by atoms with Gasteiger partial charge < -0.3 is 10.2 Å². The van der Waals surface area contributed by atoms with Gasteiger partial charge in [0.25, 0.3) is 0 Å². The van der Waals surface area contributed by atoms with Crippen LogP contribution in [0, 0.1) is 6.92 Å². The van der Waals surface area contributed by atoms with Crippen molar-refractivity contribution in [2.24, 2.45) is 0 Å². The minimum absolute atomic E-state index is 0.167. The number of nitrogens with zero attached hydrogens (tertiary/aromatic N) is 2. The zero-order valence-corrected chi connectivity index (χ0v) is 17.3. The Balaban J connectivity index is 1.32. The first-order chi connectivity index (χ1) is 13.1. The summed E-state index contributed by atoms with van der Waals surface area (Å²) in [4.78, 5) is 18.4. The predicted molar refractivity (Wildman–Crippen MR) is 115 cm³/mol. The number of anilines is 1. The maximum absolute atomic E-state index is 12.1. The summed E-state index contributed by atoms with van der Waals surface area (Å²) >= 11 is 1.72. The number of amides is 1. The molecule has 1 aliphatic heterocycles. The summed E-state index contributed by atoms with van der Waals surface area (Å²) in [5.74, 6) is 0.167. The Morgan fingerprint density at radius 3 is 2.70 bits per heavy atom. The van der Waals surface area contributed by atoms with Gasteiger partial charge >= 0.3 is 0 Å². The Labute approximate surface area is 167 Å². The number of rotatable bonds is 8. The topological polar surface area (TPSA) is 35.6 Å². The van der Waals surface area contributed by atoms with Crippen LogP contribution in [0.4, 0.5) is 5.69 Å². The van der Waals surface area contributed by atoms with Gasteiger partial charge in [-0.15, -0.1) is 11.3 Å². The number of carbonyl (C=O) groups is 1. The normalized spacial score (nSPS) is 16.3. The number of benzene rings is 1. The van der Waals surface area contributed by atoms with E-state index in [1.807, 2.05) is 6.07 Å².